The van der Waals surface area contributed by atoms with E-state index in [1.165, 1.54) is 45.4 Å². The average Bonchev–Trinajstić information content (AvgIpc) is 2.42. The van der Waals surface area contributed by atoms with E-state index < -0.39 is 0 Å². The van der Waals surface area contributed by atoms with Crippen molar-refractivity contribution in [2.75, 3.05) is 60.0 Å². The largest absolute Gasteiger partial charge is 0.383 e. The third kappa shape index (κ3) is 6.14. The van der Waals surface area contributed by atoms with Gasteiger partial charge in [0, 0.05) is 19.7 Å². The van der Waals surface area contributed by atoms with Gasteiger partial charge in [-0.3, -0.25) is 0 Å². The fourth-order valence-corrected chi connectivity index (χ4v) is 2.61. The summed E-state index contributed by atoms with van der Waals surface area (Å²) < 4.78 is 5.01. The predicted molar refractivity (Wildman–Crippen MR) is 77.1 cm³/mol. The van der Waals surface area contributed by atoms with E-state index in [0.717, 1.165) is 25.7 Å². The molecule has 1 N–H and O–H groups in total. The second-order valence-corrected chi connectivity index (χ2v) is 5.24. The first kappa shape index (κ1) is 15.9. The highest BCUT2D eigenvalue weighted by molar-refractivity contribution is 4.77. The van der Waals surface area contributed by atoms with Crippen molar-refractivity contribution in [3.8, 4) is 0 Å². The van der Waals surface area contributed by atoms with E-state index in [0.29, 0.717) is 0 Å². The monoisotopic (exact) mass is 257 g/mol. The standard InChI is InChI=1S/C14H31N3O/c1-4-17-11-6-14(7-12-17)16(2)10-5-8-15-9-13-18-3/h14-15H,4-13H2,1-3H3. The van der Waals surface area contributed by atoms with Gasteiger partial charge in [-0.2, -0.15) is 0 Å². The summed E-state index contributed by atoms with van der Waals surface area (Å²) in [5.41, 5.74) is 0. The van der Waals surface area contributed by atoms with Crippen LogP contribution < -0.4 is 5.32 Å². The highest BCUT2D eigenvalue weighted by atomic mass is 16.5. The van der Waals surface area contributed by atoms with Gasteiger partial charge in [0.05, 0.1) is 6.61 Å². The molecule has 0 unspecified atom stereocenters. The van der Waals surface area contributed by atoms with Crippen molar-refractivity contribution in [1.82, 2.24) is 15.1 Å². The molecule has 0 aromatic carbocycles. The van der Waals surface area contributed by atoms with Gasteiger partial charge in [0.1, 0.15) is 0 Å². The fourth-order valence-electron chi connectivity index (χ4n) is 2.61. The van der Waals surface area contributed by atoms with Crippen LogP contribution >= 0.6 is 0 Å². The SMILES string of the molecule is CCN1CCC(N(C)CCCNCCOC)CC1. The van der Waals surface area contributed by atoms with Crippen molar-refractivity contribution >= 4 is 0 Å². The van der Waals surface area contributed by atoms with Gasteiger partial charge in [-0.05, 0) is 59.0 Å². The number of rotatable bonds is 9. The maximum atomic E-state index is 5.01. The highest BCUT2D eigenvalue weighted by Crippen LogP contribution is 2.14. The Hall–Kier alpha value is -0.160. The van der Waals surface area contributed by atoms with Crippen molar-refractivity contribution < 1.29 is 4.74 Å². The lowest BCUT2D eigenvalue weighted by Gasteiger charge is -2.36. The maximum absolute atomic E-state index is 5.01. The van der Waals surface area contributed by atoms with Crippen molar-refractivity contribution in [2.45, 2.75) is 32.2 Å². The Labute approximate surface area is 113 Å². The molecule has 0 spiro atoms. The Morgan fingerprint density at radius 3 is 2.61 bits per heavy atom. The molecule has 1 saturated heterocycles. The van der Waals surface area contributed by atoms with E-state index in [9.17, 15) is 0 Å². The molecule has 0 atom stereocenters. The zero-order valence-electron chi connectivity index (χ0n) is 12.5. The molecule has 0 aliphatic carbocycles. The zero-order chi connectivity index (χ0) is 13.2. The van der Waals surface area contributed by atoms with Gasteiger partial charge in [-0.15, -0.1) is 0 Å². The molecule has 0 saturated carbocycles. The third-order valence-corrected chi connectivity index (χ3v) is 3.97. The molecular formula is C14H31N3O. The molecule has 1 aliphatic heterocycles. The minimum atomic E-state index is 0.798. The van der Waals surface area contributed by atoms with Crippen LogP contribution in [0.1, 0.15) is 26.2 Å². The summed E-state index contributed by atoms with van der Waals surface area (Å²) in [6.07, 6.45) is 3.90. The third-order valence-electron chi connectivity index (χ3n) is 3.97. The number of hydrogen-bond donors (Lipinski definition) is 1. The Morgan fingerprint density at radius 1 is 1.28 bits per heavy atom. The number of hydrogen-bond acceptors (Lipinski definition) is 4. The molecule has 18 heavy (non-hydrogen) atoms. The lowest BCUT2D eigenvalue weighted by molar-refractivity contribution is 0.130. The summed E-state index contributed by atoms with van der Waals surface area (Å²) >= 11 is 0. The summed E-state index contributed by atoms with van der Waals surface area (Å²) in [5.74, 6) is 0. The molecule has 1 rings (SSSR count). The van der Waals surface area contributed by atoms with E-state index in [2.05, 4.69) is 29.1 Å². The number of nitrogens with zero attached hydrogens (tertiary/aromatic N) is 2. The van der Waals surface area contributed by atoms with Gasteiger partial charge in [0.2, 0.25) is 0 Å². The minimum absolute atomic E-state index is 0.798. The van der Waals surface area contributed by atoms with Crippen LogP contribution in [0.4, 0.5) is 0 Å². The maximum Gasteiger partial charge on any atom is 0.0587 e. The molecule has 4 heteroatoms. The van der Waals surface area contributed by atoms with Gasteiger partial charge in [0.25, 0.3) is 0 Å². The number of likely N-dealkylation sites (tertiary alicyclic amines) is 1. The quantitative estimate of drug-likeness (QED) is 0.624. The van der Waals surface area contributed by atoms with Gasteiger partial charge >= 0.3 is 0 Å². The van der Waals surface area contributed by atoms with E-state index in [1.807, 2.05) is 0 Å². The number of ether oxygens (including phenoxy) is 1. The number of piperidine rings is 1. The van der Waals surface area contributed by atoms with Gasteiger partial charge < -0.3 is 19.9 Å². The van der Waals surface area contributed by atoms with Crippen molar-refractivity contribution in [3.05, 3.63) is 0 Å². The second-order valence-electron chi connectivity index (χ2n) is 5.24. The molecular weight excluding hydrogens is 226 g/mol. The van der Waals surface area contributed by atoms with E-state index in [4.69, 9.17) is 4.74 Å². The first-order valence-corrected chi connectivity index (χ1v) is 7.40. The summed E-state index contributed by atoms with van der Waals surface area (Å²) in [6.45, 7) is 10.1. The van der Waals surface area contributed by atoms with Crippen LogP contribution in [0.15, 0.2) is 0 Å². The molecule has 0 amide bonds. The Morgan fingerprint density at radius 2 is 2.00 bits per heavy atom. The Kier molecular flexibility index (Phi) is 8.59. The van der Waals surface area contributed by atoms with Gasteiger partial charge in [-0.25, -0.2) is 0 Å². The number of methoxy groups -OCH3 is 1. The molecule has 1 fully saturated rings. The summed E-state index contributed by atoms with van der Waals surface area (Å²) in [7, 11) is 4.03. The average molecular weight is 257 g/mol. The van der Waals surface area contributed by atoms with Crippen molar-refractivity contribution in [1.29, 1.82) is 0 Å². The van der Waals surface area contributed by atoms with Crippen LogP contribution in [0.3, 0.4) is 0 Å². The molecule has 4 nitrogen and oxygen atoms in total. The zero-order valence-corrected chi connectivity index (χ0v) is 12.5. The Bertz CT molecular complexity index is 193. The fraction of sp³-hybridized carbons (Fsp3) is 1.00. The van der Waals surface area contributed by atoms with Gasteiger partial charge in [-0.1, -0.05) is 6.92 Å². The van der Waals surface area contributed by atoms with Crippen LogP contribution in [0, 0.1) is 0 Å². The van der Waals surface area contributed by atoms with Crippen LogP contribution in [0.5, 0.6) is 0 Å². The summed E-state index contributed by atoms with van der Waals surface area (Å²) in [6, 6.07) is 0.798. The van der Waals surface area contributed by atoms with Crippen LogP contribution in [0.25, 0.3) is 0 Å². The smallest absolute Gasteiger partial charge is 0.0587 e. The minimum Gasteiger partial charge on any atom is -0.383 e. The van der Waals surface area contributed by atoms with Crippen molar-refractivity contribution in [2.24, 2.45) is 0 Å². The summed E-state index contributed by atoms with van der Waals surface area (Å²) in [5, 5.41) is 3.40. The summed E-state index contributed by atoms with van der Waals surface area (Å²) in [4.78, 5) is 5.10. The Balaban J connectivity index is 2.01. The lowest BCUT2D eigenvalue weighted by atomic mass is 10.0. The molecule has 1 aliphatic rings. The second kappa shape index (κ2) is 9.73. The van der Waals surface area contributed by atoms with Crippen LogP contribution in [-0.2, 0) is 4.74 Å². The van der Waals surface area contributed by atoms with E-state index in [-0.39, 0.29) is 0 Å². The van der Waals surface area contributed by atoms with E-state index in [1.54, 1.807) is 7.11 Å². The van der Waals surface area contributed by atoms with Crippen LogP contribution in [0.2, 0.25) is 0 Å². The first-order chi connectivity index (χ1) is 8.77. The lowest BCUT2D eigenvalue weighted by Crippen LogP contribution is -2.43. The van der Waals surface area contributed by atoms with Gasteiger partial charge in [0.15, 0.2) is 0 Å². The molecule has 1 heterocycles. The molecule has 0 aromatic heterocycles. The predicted octanol–water partition coefficient (Wildman–Crippen LogP) is 1.03. The van der Waals surface area contributed by atoms with Crippen molar-refractivity contribution in [3.63, 3.8) is 0 Å². The first-order valence-electron chi connectivity index (χ1n) is 7.40. The van der Waals surface area contributed by atoms with Crippen LogP contribution in [-0.4, -0.2) is 75.9 Å². The molecule has 0 bridgehead atoms. The topological polar surface area (TPSA) is 27.7 Å². The number of nitrogens with one attached hydrogen (secondary N) is 1. The molecule has 0 aromatic rings. The normalized spacial score (nSPS) is 18.7. The molecule has 0 radical (unpaired) electrons. The highest BCUT2D eigenvalue weighted by Gasteiger charge is 2.20. The van der Waals surface area contributed by atoms with E-state index >= 15 is 0 Å². The molecule has 108 valence electrons.